The van der Waals surface area contributed by atoms with Crippen LogP contribution in [0.1, 0.15) is 11.4 Å². The van der Waals surface area contributed by atoms with Gasteiger partial charge in [-0.3, -0.25) is 4.57 Å². The number of rotatable bonds is 0. The summed E-state index contributed by atoms with van der Waals surface area (Å²) in [6.45, 7) is 2.52. The van der Waals surface area contributed by atoms with Crippen molar-refractivity contribution in [3.05, 3.63) is 40.1 Å². The van der Waals surface area contributed by atoms with E-state index in [0.29, 0.717) is 6.54 Å². The van der Waals surface area contributed by atoms with Gasteiger partial charge in [-0.25, -0.2) is 4.79 Å². The average Bonchev–Trinajstić information content (AvgIpc) is 2.04. The maximum atomic E-state index is 11.3. The van der Waals surface area contributed by atoms with Crippen LogP contribution in [0.15, 0.2) is 23.0 Å². The summed E-state index contributed by atoms with van der Waals surface area (Å²) in [7, 11) is 0. The smallest absolute Gasteiger partial charge is 0.292 e. The van der Waals surface area contributed by atoms with Crippen LogP contribution in [-0.4, -0.2) is 9.55 Å². The van der Waals surface area contributed by atoms with Crippen LogP contribution in [0, 0.1) is 6.92 Å². The van der Waals surface area contributed by atoms with Gasteiger partial charge in [0.25, 0.3) is 0 Å². The van der Waals surface area contributed by atoms with Crippen molar-refractivity contribution in [1.82, 2.24) is 9.55 Å². The lowest BCUT2D eigenvalue weighted by Crippen LogP contribution is -2.27. The highest BCUT2D eigenvalue weighted by molar-refractivity contribution is 5.15. The zero-order valence-corrected chi connectivity index (χ0v) is 6.95. The molecule has 0 fully saturated rings. The van der Waals surface area contributed by atoms with E-state index < -0.39 is 0 Å². The maximum Gasteiger partial charge on any atom is 0.348 e. The second kappa shape index (κ2) is 2.59. The first kappa shape index (κ1) is 7.28. The van der Waals surface area contributed by atoms with Crippen molar-refractivity contribution in [2.75, 3.05) is 0 Å². The second-order valence-electron chi connectivity index (χ2n) is 2.96. The molecule has 62 valence electrons. The molecule has 0 radical (unpaired) electrons. The lowest BCUT2D eigenvalue weighted by Gasteiger charge is -2.12. The van der Waals surface area contributed by atoms with Gasteiger partial charge in [-0.2, -0.15) is 4.98 Å². The molecule has 3 heteroatoms. The van der Waals surface area contributed by atoms with Gasteiger partial charge in [-0.15, -0.1) is 0 Å². The zero-order valence-electron chi connectivity index (χ0n) is 6.95. The molecule has 1 aliphatic rings. The Kier molecular flexibility index (Phi) is 1.57. The van der Waals surface area contributed by atoms with Crippen molar-refractivity contribution in [3.63, 3.8) is 0 Å². The molecule has 1 aliphatic heterocycles. The van der Waals surface area contributed by atoms with Crippen molar-refractivity contribution in [3.8, 4) is 0 Å². The van der Waals surface area contributed by atoms with Crippen molar-refractivity contribution in [1.29, 1.82) is 0 Å². The fourth-order valence-corrected chi connectivity index (χ4v) is 1.43. The van der Waals surface area contributed by atoms with E-state index in [4.69, 9.17) is 0 Å². The van der Waals surface area contributed by atoms with E-state index >= 15 is 0 Å². The van der Waals surface area contributed by atoms with E-state index in [0.717, 1.165) is 17.8 Å². The Hall–Kier alpha value is -1.38. The summed E-state index contributed by atoms with van der Waals surface area (Å²) in [5, 5.41) is 0. The van der Waals surface area contributed by atoms with Gasteiger partial charge in [0.2, 0.25) is 0 Å². The molecule has 12 heavy (non-hydrogen) atoms. The van der Waals surface area contributed by atoms with Crippen LogP contribution >= 0.6 is 0 Å². The van der Waals surface area contributed by atoms with Crippen LogP contribution in [0.5, 0.6) is 0 Å². The molecule has 0 saturated carbocycles. The van der Waals surface area contributed by atoms with Crippen molar-refractivity contribution in [2.24, 2.45) is 0 Å². The molecule has 0 spiro atoms. The van der Waals surface area contributed by atoms with Crippen LogP contribution in [0.3, 0.4) is 0 Å². The van der Waals surface area contributed by atoms with Gasteiger partial charge in [0, 0.05) is 24.4 Å². The van der Waals surface area contributed by atoms with Crippen LogP contribution in [0.2, 0.25) is 0 Å². The lowest BCUT2D eigenvalue weighted by molar-refractivity contribution is 0.677. The average molecular weight is 162 g/mol. The SMILES string of the molecule is Cc1cc2n(c(=O)n1)CC=CC2. The molecule has 0 bridgehead atoms. The number of hydrogen-bond donors (Lipinski definition) is 0. The van der Waals surface area contributed by atoms with Gasteiger partial charge in [-0.05, 0) is 13.0 Å². The third kappa shape index (κ3) is 1.07. The minimum Gasteiger partial charge on any atom is -0.292 e. The maximum absolute atomic E-state index is 11.3. The quantitative estimate of drug-likeness (QED) is 0.525. The first-order chi connectivity index (χ1) is 5.77. The number of aryl methyl sites for hydroxylation is 1. The molecule has 0 aromatic carbocycles. The predicted octanol–water partition coefficient (Wildman–Crippen LogP) is 0.664. The monoisotopic (exact) mass is 162 g/mol. The number of aromatic nitrogens is 2. The largest absolute Gasteiger partial charge is 0.348 e. The second-order valence-corrected chi connectivity index (χ2v) is 2.96. The number of nitrogens with zero attached hydrogens (tertiary/aromatic N) is 2. The van der Waals surface area contributed by atoms with Gasteiger partial charge in [0.05, 0.1) is 0 Å². The highest BCUT2D eigenvalue weighted by Crippen LogP contribution is 2.05. The fraction of sp³-hybridized carbons (Fsp3) is 0.333. The first-order valence-electron chi connectivity index (χ1n) is 4.00. The van der Waals surface area contributed by atoms with Crippen LogP contribution in [-0.2, 0) is 13.0 Å². The Balaban J connectivity index is 2.65. The third-order valence-electron chi connectivity index (χ3n) is 2.01. The minimum atomic E-state index is -0.130. The topological polar surface area (TPSA) is 34.9 Å². The Morgan fingerprint density at radius 1 is 1.50 bits per heavy atom. The molecule has 2 rings (SSSR count). The molecule has 1 aromatic heterocycles. The van der Waals surface area contributed by atoms with Crippen molar-refractivity contribution >= 4 is 0 Å². The van der Waals surface area contributed by atoms with Crippen LogP contribution in [0.25, 0.3) is 0 Å². The predicted molar refractivity (Wildman–Crippen MR) is 46.1 cm³/mol. The summed E-state index contributed by atoms with van der Waals surface area (Å²) in [4.78, 5) is 15.2. The minimum absolute atomic E-state index is 0.130. The van der Waals surface area contributed by atoms with E-state index in [-0.39, 0.29) is 5.69 Å². The van der Waals surface area contributed by atoms with E-state index in [1.165, 1.54) is 0 Å². The molecule has 0 amide bonds. The van der Waals surface area contributed by atoms with Crippen LogP contribution < -0.4 is 5.69 Å². The molecular formula is C9H10N2O. The standard InChI is InChI=1S/C9H10N2O/c1-7-6-8-4-2-3-5-11(8)9(12)10-7/h2-3,6H,4-5H2,1H3. The number of allylic oxidation sites excluding steroid dienone is 2. The Morgan fingerprint density at radius 3 is 3.17 bits per heavy atom. The summed E-state index contributed by atoms with van der Waals surface area (Å²) < 4.78 is 1.70. The third-order valence-corrected chi connectivity index (χ3v) is 2.01. The van der Waals surface area contributed by atoms with Gasteiger partial charge in [0.1, 0.15) is 0 Å². The molecule has 0 saturated heterocycles. The molecule has 2 heterocycles. The molecule has 0 atom stereocenters. The molecule has 3 nitrogen and oxygen atoms in total. The first-order valence-corrected chi connectivity index (χ1v) is 4.00. The van der Waals surface area contributed by atoms with Gasteiger partial charge < -0.3 is 0 Å². The Morgan fingerprint density at radius 2 is 2.33 bits per heavy atom. The van der Waals surface area contributed by atoms with Gasteiger partial charge in [0.15, 0.2) is 0 Å². The van der Waals surface area contributed by atoms with E-state index in [9.17, 15) is 4.79 Å². The highest BCUT2D eigenvalue weighted by atomic mass is 16.1. The summed E-state index contributed by atoms with van der Waals surface area (Å²) in [5.41, 5.74) is 1.74. The normalized spacial score (nSPS) is 14.4. The van der Waals surface area contributed by atoms with Crippen molar-refractivity contribution in [2.45, 2.75) is 19.9 Å². The Bertz CT molecular complexity index is 390. The fourth-order valence-electron chi connectivity index (χ4n) is 1.43. The summed E-state index contributed by atoms with van der Waals surface area (Å²) in [5.74, 6) is 0. The molecule has 1 aromatic rings. The molecule has 0 unspecified atom stereocenters. The molecule has 0 aliphatic carbocycles. The number of fused-ring (bicyclic) bond motifs is 1. The Labute approximate surface area is 70.4 Å². The molecule has 0 N–H and O–H groups in total. The van der Waals surface area contributed by atoms with Crippen molar-refractivity contribution < 1.29 is 0 Å². The summed E-state index contributed by atoms with van der Waals surface area (Å²) in [6, 6.07) is 1.96. The highest BCUT2D eigenvalue weighted by Gasteiger charge is 2.06. The van der Waals surface area contributed by atoms with E-state index in [1.807, 2.05) is 19.1 Å². The molecular weight excluding hydrogens is 152 g/mol. The lowest BCUT2D eigenvalue weighted by atomic mass is 10.2. The number of hydrogen-bond acceptors (Lipinski definition) is 2. The summed E-state index contributed by atoms with van der Waals surface area (Å²) in [6.07, 6.45) is 4.91. The van der Waals surface area contributed by atoms with Gasteiger partial charge >= 0.3 is 5.69 Å². The van der Waals surface area contributed by atoms with Gasteiger partial charge in [-0.1, -0.05) is 12.2 Å². The van der Waals surface area contributed by atoms with E-state index in [2.05, 4.69) is 11.1 Å². The zero-order chi connectivity index (χ0) is 8.55. The van der Waals surface area contributed by atoms with Crippen LogP contribution in [0.4, 0.5) is 0 Å². The summed E-state index contributed by atoms with van der Waals surface area (Å²) >= 11 is 0. The van der Waals surface area contributed by atoms with E-state index in [1.54, 1.807) is 4.57 Å².